The fraction of sp³-hybridized carbons (Fsp3) is 0.294. The Bertz CT molecular complexity index is 2060. The molecule has 10 nitrogen and oxygen atoms in total. The normalized spacial score (nSPS) is 11.3. The Hall–Kier alpha value is -3.81. The highest BCUT2D eigenvalue weighted by Crippen LogP contribution is 2.36. The van der Waals surface area contributed by atoms with Crippen LogP contribution in [0.5, 0.6) is 11.8 Å². The minimum absolute atomic E-state index is 0.170. The summed E-state index contributed by atoms with van der Waals surface area (Å²) in [5.41, 5.74) is 6.98. The Kier molecular flexibility index (Phi) is 11.0. The molecular weight excluding hydrogens is 750 g/mol. The molecule has 0 saturated heterocycles. The molecule has 0 aromatic carbocycles. The van der Waals surface area contributed by atoms with Crippen LogP contribution in [0.4, 0.5) is 0 Å². The highest BCUT2D eigenvalue weighted by Gasteiger charge is 2.20. The molecular formula is C34H35Cl2IN8O2. The molecule has 0 N–H and O–H groups in total. The van der Waals surface area contributed by atoms with Gasteiger partial charge in [0.1, 0.15) is 31.5 Å². The molecule has 0 unspecified atom stereocenters. The van der Waals surface area contributed by atoms with Crippen molar-refractivity contribution in [1.29, 1.82) is 0 Å². The molecule has 0 fully saturated rings. The highest BCUT2D eigenvalue weighted by atomic mass is 127. The fourth-order valence-corrected chi connectivity index (χ4v) is 6.18. The Morgan fingerprint density at radius 2 is 1.26 bits per heavy atom. The Labute approximate surface area is 297 Å². The second kappa shape index (κ2) is 15.0. The van der Waals surface area contributed by atoms with Gasteiger partial charge in [-0.25, -0.2) is 19.9 Å². The van der Waals surface area contributed by atoms with Gasteiger partial charge in [0.2, 0.25) is 11.8 Å². The zero-order chi connectivity index (χ0) is 33.8. The number of halogens is 3. The van der Waals surface area contributed by atoms with E-state index in [1.807, 2.05) is 59.6 Å². The lowest BCUT2D eigenvalue weighted by molar-refractivity contribution is 0.328. The summed E-state index contributed by atoms with van der Waals surface area (Å²) in [4.78, 5) is 18.1. The number of hydrogen-bond donors (Lipinski definition) is 0. The fourth-order valence-electron chi connectivity index (χ4n) is 5.01. The smallest absolute Gasteiger partial charge is 0.222 e. The number of rotatable bonds is 9. The molecule has 0 atom stereocenters. The van der Waals surface area contributed by atoms with Crippen molar-refractivity contribution in [2.45, 2.75) is 53.6 Å². The summed E-state index contributed by atoms with van der Waals surface area (Å²) in [5, 5.41) is 10.3. The maximum absolute atomic E-state index is 6.56. The molecule has 6 heterocycles. The Morgan fingerprint density at radius 1 is 0.787 bits per heavy atom. The van der Waals surface area contributed by atoms with E-state index in [0.717, 1.165) is 42.6 Å². The first-order chi connectivity index (χ1) is 22.6. The Morgan fingerprint density at radius 3 is 1.72 bits per heavy atom. The van der Waals surface area contributed by atoms with Crippen LogP contribution < -0.4 is 9.47 Å². The highest BCUT2D eigenvalue weighted by molar-refractivity contribution is 14.1. The summed E-state index contributed by atoms with van der Waals surface area (Å²) < 4.78 is 15.8. The van der Waals surface area contributed by atoms with Gasteiger partial charge in [0.25, 0.3) is 0 Å². The maximum Gasteiger partial charge on any atom is 0.222 e. The van der Waals surface area contributed by atoms with Crippen molar-refractivity contribution < 1.29 is 9.47 Å². The molecule has 0 amide bonds. The average Bonchev–Trinajstić information content (AvgIpc) is 3.61. The first kappa shape index (κ1) is 34.5. The third-order valence-corrected chi connectivity index (χ3v) is 8.33. The number of aromatic nitrogens is 8. The van der Waals surface area contributed by atoms with Crippen LogP contribution in [0.2, 0.25) is 10.0 Å². The number of hydrogen-bond acceptors (Lipinski definition) is 8. The van der Waals surface area contributed by atoms with Crippen molar-refractivity contribution in [3.05, 3.63) is 74.8 Å². The van der Waals surface area contributed by atoms with Crippen molar-refractivity contribution in [3.8, 4) is 34.3 Å². The van der Waals surface area contributed by atoms with Crippen LogP contribution in [-0.4, -0.2) is 52.7 Å². The maximum atomic E-state index is 6.56. The van der Waals surface area contributed by atoms with Gasteiger partial charge in [-0.2, -0.15) is 10.2 Å². The lowest BCUT2D eigenvalue weighted by Crippen LogP contribution is -2.03. The van der Waals surface area contributed by atoms with E-state index in [1.165, 1.54) is 0 Å². The van der Waals surface area contributed by atoms with Gasteiger partial charge in [-0.1, -0.05) is 29.8 Å². The standard InChI is InChI=1S/C18H19ClN4O.C16H16ClIN4O/c1-5-14-16-17(23(22-14)11(3)4)13(19)10-15(21-16)12-8-7-9-20-18(12)24-6-2;1-4-23-16-10(6-5-7-19-16)12-8-11(17)14-13(20-12)15(18)21-22(14)9(2)3/h5,7-11H,1,6H2,2-4H3;5-9H,4H2,1-3H3. The van der Waals surface area contributed by atoms with Crippen LogP contribution in [-0.2, 0) is 0 Å². The van der Waals surface area contributed by atoms with E-state index in [0.29, 0.717) is 46.4 Å². The summed E-state index contributed by atoms with van der Waals surface area (Å²) in [5.74, 6) is 1.10. The summed E-state index contributed by atoms with van der Waals surface area (Å²) in [6.45, 7) is 17.0. The first-order valence-electron chi connectivity index (χ1n) is 15.2. The second-order valence-corrected chi connectivity index (χ2v) is 12.7. The van der Waals surface area contributed by atoms with E-state index >= 15 is 0 Å². The minimum Gasteiger partial charge on any atom is -0.477 e. The third kappa shape index (κ3) is 7.07. The molecule has 244 valence electrons. The van der Waals surface area contributed by atoms with Gasteiger partial charge >= 0.3 is 0 Å². The number of nitrogens with zero attached hydrogens (tertiary/aromatic N) is 8. The molecule has 13 heteroatoms. The monoisotopic (exact) mass is 784 g/mol. The second-order valence-electron chi connectivity index (χ2n) is 10.9. The number of pyridine rings is 4. The zero-order valence-electron chi connectivity index (χ0n) is 27.0. The van der Waals surface area contributed by atoms with Crippen molar-refractivity contribution in [1.82, 2.24) is 39.5 Å². The lowest BCUT2D eigenvalue weighted by Gasteiger charge is -2.11. The molecule has 0 spiro atoms. The Balaban J connectivity index is 0.000000185. The van der Waals surface area contributed by atoms with E-state index in [-0.39, 0.29) is 12.1 Å². The van der Waals surface area contributed by atoms with E-state index in [9.17, 15) is 0 Å². The summed E-state index contributed by atoms with van der Waals surface area (Å²) >= 11 is 15.3. The topological polar surface area (TPSA) is 106 Å². The summed E-state index contributed by atoms with van der Waals surface area (Å²) in [6, 6.07) is 11.6. The van der Waals surface area contributed by atoms with Crippen LogP contribution in [0.25, 0.3) is 50.7 Å². The molecule has 0 aliphatic carbocycles. The van der Waals surface area contributed by atoms with E-state index in [1.54, 1.807) is 18.5 Å². The minimum atomic E-state index is 0.170. The van der Waals surface area contributed by atoms with Crippen molar-refractivity contribution >= 4 is 73.9 Å². The van der Waals surface area contributed by atoms with Gasteiger partial charge in [-0.15, -0.1) is 0 Å². The van der Waals surface area contributed by atoms with Gasteiger partial charge in [0, 0.05) is 24.5 Å². The van der Waals surface area contributed by atoms with Gasteiger partial charge in [0.15, 0.2) is 0 Å². The van der Waals surface area contributed by atoms with E-state index in [2.05, 4.69) is 77.0 Å². The van der Waals surface area contributed by atoms with Gasteiger partial charge in [0.05, 0.1) is 45.8 Å². The molecule has 47 heavy (non-hydrogen) atoms. The van der Waals surface area contributed by atoms with E-state index in [4.69, 9.17) is 42.6 Å². The van der Waals surface area contributed by atoms with Crippen LogP contribution >= 0.6 is 45.8 Å². The molecule has 0 bridgehead atoms. The molecule has 0 aliphatic rings. The zero-order valence-corrected chi connectivity index (χ0v) is 30.7. The van der Waals surface area contributed by atoms with Crippen LogP contribution in [0.1, 0.15) is 59.3 Å². The van der Waals surface area contributed by atoms with Crippen molar-refractivity contribution in [2.75, 3.05) is 13.2 Å². The van der Waals surface area contributed by atoms with E-state index < -0.39 is 0 Å². The lowest BCUT2D eigenvalue weighted by atomic mass is 10.1. The SMILES string of the molecule is C=Cc1nn(C(C)C)c2c(Cl)cc(-c3cccnc3OCC)nc12.CCOc1ncccc1-c1cc(Cl)c2c(n1)c(I)nn2C(C)C. The molecule has 6 aromatic heterocycles. The predicted molar refractivity (Wildman–Crippen MR) is 197 cm³/mol. The average molecular weight is 786 g/mol. The van der Waals surface area contributed by atoms with Crippen molar-refractivity contribution in [3.63, 3.8) is 0 Å². The quantitative estimate of drug-likeness (QED) is 0.134. The number of ether oxygens (including phenoxy) is 2. The van der Waals surface area contributed by atoms with Gasteiger partial charge in [-0.05, 0) is 107 Å². The first-order valence-corrected chi connectivity index (χ1v) is 17.0. The predicted octanol–water partition coefficient (Wildman–Crippen LogP) is 9.50. The summed E-state index contributed by atoms with van der Waals surface area (Å²) in [7, 11) is 0. The van der Waals surface area contributed by atoms with Gasteiger partial charge < -0.3 is 9.47 Å². The summed E-state index contributed by atoms with van der Waals surface area (Å²) in [6.07, 6.45) is 5.09. The van der Waals surface area contributed by atoms with Crippen LogP contribution in [0.3, 0.4) is 0 Å². The molecule has 6 rings (SSSR count). The van der Waals surface area contributed by atoms with Crippen molar-refractivity contribution in [2.24, 2.45) is 0 Å². The van der Waals surface area contributed by atoms with Crippen LogP contribution in [0.15, 0.2) is 55.4 Å². The molecule has 0 aliphatic heterocycles. The molecule has 0 radical (unpaired) electrons. The largest absolute Gasteiger partial charge is 0.477 e. The molecule has 6 aromatic rings. The number of fused-ring (bicyclic) bond motifs is 2. The molecule has 0 saturated carbocycles. The van der Waals surface area contributed by atoms with Gasteiger partial charge in [-0.3, -0.25) is 9.36 Å². The third-order valence-electron chi connectivity index (χ3n) is 7.03. The van der Waals surface area contributed by atoms with Crippen LogP contribution in [0, 0.1) is 3.70 Å².